The first-order valence-corrected chi connectivity index (χ1v) is 14.7. The normalized spacial score (nSPS) is 40.6. The van der Waals surface area contributed by atoms with Crippen molar-refractivity contribution in [1.29, 1.82) is 0 Å². The van der Waals surface area contributed by atoms with Crippen molar-refractivity contribution >= 4 is 19.8 Å². The molecule has 10 heteroatoms. The highest BCUT2D eigenvalue weighted by Gasteiger charge is 2.27. The first-order valence-electron chi connectivity index (χ1n) is 43.8. The summed E-state index contributed by atoms with van der Waals surface area (Å²) in [5, 5.41) is 0. The van der Waals surface area contributed by atoms with E-state index in [9.17, 15) is 19.0 Å². The van der Waals surface area contributed by atoms with Crippen molar-refractivity contribution in [2.24, 2.45) is 0 Å². The van der Waals surface area contributed by atoms with E-state index in [1.165, 1.54) is 21.1 Å². The van der Waals surface area contributed by atoms with Crippen molar-refractivity contribution in [2.75, 3.05) is 47.5 Å². The summed E-state index contributed by atoms with van der Waals surface area (Å²) >= 11 is 0. The molecular weight excluding hydrogens is 653 g/mol. The lowest BCUT2D eigenvalue weighted by atomic mass is 10.0. The third-order valence-electron chi connectivity index (χ3n) is 3.99. The van der Waals surface area contributed by atoms with Gasteiger partial charge in [0.2, 0.25) is 0 Å². The molecule has 0 aliphatic rings. The lowest BCUT2D eigenvalue weighted by Gasteiger charge is -2.24. The van der Waals surface area contributed by atoms with E-state index in [0.29, 0.717) is 0 Å². The van der Waals surface area contributed by atoms with Gasteiger partial charge in [0.1, 0.15) is 19.8 Å². The van der Waals surface area contributed by atoms with Gasteiger partial charge in [-0.25, -0.2) is 4.57 Å². The molecular formula is C40H81NO8P+. The van der Waals surface area contributed by atoms with Crippen molar-refractivity contribution in [3.8, 4) is 0 Å². The number of esters is 2. The van der Waals surface area contributed by atoms with E-state index in [1.54, 1.807) is 0 Å². The van der Waals surface area contributed by atoms with Crippen LogP contribution in [0.2, 0.25) is 0 Å². The van der Waals surface area contributed by atoms with Gasteiger partial charge < -0.3 is 18.9 Å². The van der Waals surface area contributed by atoms with Gasteiger partial charge in [-0.3, -0.25) is 18.6 Å². The van der Waals surface area contributed by atoms with Crippen LogP contribution in [0.25, 0.3) is 0 Å². The first kappa shape index (κ1) is 9.51. The Bertz CT molecular complexity index is 3360. The molecule has 0 radical (unpaired) electrons. The number of quaternary nitrogens is 1. The lowest BCUT2D eigenvalue weighted by molar-refractivity contribution is -0.870. The standard InChI is InChI=1S/C40H80NO8P/c1-6-8-10-12-14-16-18-20-22-24-26-28-30-32-39(42)46-36-38(37-48-50(44,45)47-35-34-41(3,4)5)49-40(43)33-31-29-27-25-23-21-19-17-15-13-11-9-7-2/h38H,6-37H2,1-5H3/p+1/t38-/m1/s1/i1D3,2D3,6D2,7D2,8D2,9D2,10D2,11D2,12D2,13D2,14D2,15D2,16D2,17D2,18D2,19D2,20D2,21D2,22D2,23D2,24D2,25D2,26D2,27D2,28D2,29D2,30D2,31D2,32D2,33D/t33?,38-. The van der Waals surface area contributed by atoms with Gasteiger partial charge in [-0.1, -0.05) is 167 Å². The van der Waals surface area contributed by atoms with Crippen LogP contribution in [-0.2, 0) is 32.7 Å². The highest BCUT2D eigenvalue weighted by atomic mass is 31.2. The molecule has 0 aliphatic carbocycles. The van der Waals surface area contributed by atoms with Gasteiger partial charge in [-0.05, 0) is 12.7 Å². The molecule has 0 aromatic rings. The summed E-state index contributed by atoms with van der Waals surface area (Å²) in [7, 11) is -1.17. The SMILES string of the molecule is [2H]C(C(=O)O[C@H](COC(=O)C([2H])([2H])C([2H])([2H])C([2H])([2H])C([2H])([2H])C([2H])([2H])C([2H])([2H])C([2H])([2H])C([2H])([2H])C([2H])([2H])C([2H])([2H])C([2H])([2H])C([2H])([2H])C([2H])([2H])C([2H])([2H])C([2H])([2H])[2H])COP(=O)(O)OCC[N+](C)(C)C)C([2H])([2H])C([2H])([2H])C([2H])([2H])C([2H])([2H])C([2H])([2H])C([2H])([2H])C([2H])([2H])C([2H])([2H])C([2H])([2H])C([2H])([2H])C([2H])([2H])C([2H])([2H])C([2H])([2H])C([2H])([2H])[2H]. The lowest BCUT2D eigenvalue weighted by Crippen LogP contribution is -2.37. The van der Waals surface area contributed by atoms with Gasteiger partial charge in [-0.2, -0.15) is 0 Å². The molecule has 9 nitrogen and oxygen atoms in total. The van der Waals surface area contributed by atoms with E-state index in [-0.39, 0.29) is 11.0 Å². The molecule has 0 fully saturated rings. The average molecular weight is 796 g/mol. The van der Waals surface area contributed by atoms with Gasteiger partial charge >= 0.3 is 19.8 Å². The fourth-order valence-corrected chi connectivity index (χ4v) is 2.77. The zero-order chi connectivity index (χ0) is 91.5. The van der Waals surface area contributed by atoms with Crippen LogP contribution in [0.1, 0.15) is 276 Å². The van der Waals surface area contributed by atoms with Crippen LogP contribution in [0.4, 0.5) is 0 Å². The third kappa shape index (κ3) is 36.8. The molecule has 0 bridgehead atoms. The van der Waals surface area contributed by atoms with E-state index in [1.807, 2.05) is 0 Å². The summed E-state index contributed by atoms with van der Waals surface area (Å²) in [5.41, 5.74) is 0. The van der Waals surface area contributed by atoms with E-state index >= 15 is 0 Å². The zero-order valence-corrected chi connectivity index (χ0v) is 27.6. The van der Waals surface area contributed by atoms with Crippen LogP contribution in [0.15, 0.2) is 0 Å². The van der Waals surface area contributed by atoms with Gasteiger partial charge in [0.25, 0.3) is 0 Å². The Kier molecular flexibility index (Phi) is 6.43. The number of carbonyl (C=O) groups is 2. The van der Waals surface area contributed by atoms with E-state index < -0.39 is 238 Å². The number of phosphoric ester groups is 1. The molecule has 0 aromatic heterocycles. The second kappa shape index (κ2) is 33.8. The Labute approximate surface area is 394 Å². The molecule has 1 N–H and O–H groups in total. The molecule has 0 saturated carbocycles. The maximum Gasteiger partial charge on any atom is 0.472 e. The van der Waals surface area contributed by atoms with Crippen molar-refractivity contribution < 1.29 is 126 Å². The van der Waals surface area contributed by atoms with Gasteiger partial charge in [0.15, 0.2) is 6.10 Å². The molecule has 0 aliphatic heterocycles. The Hall–Kier alpha value is -0.990. The summed E-state index contributed by atoms with van der Waals surface area (Å²) in [4.78, 5) is 38.1. The maximum atomic E-state index is 13.8. The van der Waals surface area contributed by atoms with Gasteiger partial charge in [0, 0.05) is 96.4 Å². The summed E-state index contributed by atoms with van der Waals surface area (Å²) in [6.45, 7) is -13.6. The monoisotopic (exact) mass is 796 g/mol. The van der Waals surface area contributed by atoms with E-state index in [0.717, 1.165) is 0 Å². The molecule has 0 amide bonds. The molecule has 2 unspecified atom stereocenters. The zero-order valence-electron chi connectivity index (χ0n) is 87.7. The Morgan fingerprint density at radius 1 is 0.620 bits per heavy atom. The Balaban J connectivity index is 8.16. The van der Waals surface area contributed by atoms with Gasteiger partial charge in [0.05, 0.1) is 27.7 Å². The Morgan fingerprint density at radius 2 is 1.04 bits per heavy atom. The van der Waals surface area contributed by atoms with Crippen molar-refractivity contribution in [1.82, 2.24) is 0 Å². The second-order valence-corrected chi connectivity index (χ2v) is 10.3. The Morgan fingerprint density at radius 3 is 1.48 bits per heavy atom. The molecule has 0 aromatic carbocycles. The first-order chi connectivity index (χ1) is 47.0. The van der Waals surface area contributed by atoms with Crippen LogP contribution >= 0.6 is 7.82 Å². The number of phosphoric acid groups is 1. The van der Waals surface area contributed by atoms with Crippen molar-refractivity contribution in [3.05, 3.63) is 0 Å². The molecule has 50 heavy (non-hydrogen) atoms. The van der Waals surface area contributed by atoms with Crippen LogP contribution in [0.3, 0.4) is 0 Å². The second-order valence-electron chi connectivity index (χ2n) is 8.81. The molecule has 298 valence electrons. The molecule has 0 spiro atoms. The van der Waals surface area contributed by atoms with Crippen LogP contribution < -0.4 is 0 Å². The maximum absolute atomic E-state index is 13.8. The summed E-state index contributed by atoms with van der Waals surface area (Å²) in [6, 6.07) is 0. The van der Waals surface area contributed by atoms with Crippen LogP contribution in [-0.4, -0.2) is 74.9 Å². The number of nitrogens with zero attached hydrogens (tertiary/aromatic N) is 1. The predicted octanol–water partition coefficient (Wildman–Crippen LogP) is 11.2. The fourth-order valence-electron chi connectivity index (χ4n) is 2.03. The predicted molar refractivity (Wildman–Crippen MR) is 206 cm³/mol. The highest BCUT2D eigenvalue weighted by molar-refractivity contribution is 7.47. The molecule has 0 rings (SSSR count). The molecule has 0 heterocycles. The molecule has 3 atom stereocenters. The summed E-state index contributed by atoms with van der Waals surface area (Å²) in [5.74, 6) is -5.76. The fraction of sp³-hybridized carbons (Fsp3) is 0.950. The number of rotatable bonds is 38. The van der Waals surface area contributed by atoms with E-state index in [2.05, 4.69) is 9.26 Å². The smallest absolute Gasteiger partial charge is 0.462 e. The van der Waals surface area contributed by atoms with E-state index in [4.69, 9.17) is 92.9 Å². The van der Waals surface area contributed by atoms with Crippen molar-refractivity contribution in [3.63, 3.8) is 0 Å². The number of hydrogen-bond donors (Lipinski definition) is 1. The highest BCUT2D eigenvalue weighted by Crippen LogP contribution is 2.43. The topological polar surface area (TPSA) is 108 Å². The summed E-state index contributed by atoms with van der Waals surface area (Å²) < 4.78 is 533. The van der Waals surface area contributed by atoms with Crippen molar-refractivity contribution in [2.45, 2.75) is 198 Å². The summed E-state index contributed by atoms with van der Waals surface area (Å²) in [6.07, 6.45) is -148. The van der Waals surface area contributed by atoms with Crippen LogP contribution in [0.5, 0.6) is 0 Å². The average Bonchev–Trinajstić information content (AvgIpc) is 0.687. The third-order valence-corrected chi connectivity index (χ3v) is 4.97. The largest absolute Gasteiger partial charge is 0.472 e. The molecule has 0 saturated heterocycles. The van der Waals surface area contributed by atoms with Gasteiger partial charge in [-0.15, -0.1) is 0 Å². The quantitative estimate of drug-likeness (QED) is 0.0374. The number of carbonyl (C=O) groups excluding carboxylic acids is 2. The minimum Gasteiger partial charge on any atom is -0.462 e. The number of hydrogen-bond acceptors (Lipinski definition) is 7. The minimum absolute atomic E-state index is 0.0438. The number of ether oxygens (including phenoxy) is 2. The van der Waals surface area contributed by atoms with Crippen LogP contribution in [0, 0.1) is 0 Å². The minimum atomic E-state index is -5.63. The number of likely N-dealkylation sites (N-methyl/N-ethyl adjacent to an activating group) is 1.